The van der Waals surface area contributed by atoms with Crippen molar-refractivity contribution in [2.75, 3.05) is 0 Å². The first-order chi connectivity index (χ1) is 7.63. The number of aliphatic carboxylic acids is 1. The lowest BCUT2D eigenvalue weighted by Gasteiger charge is -2.10. The normalized spacial score (nSPS) is 12.9. The highest BCUT2D eigenvalue weighted by Crippen LogP contribution is 2.15. The molecule has 1 unspecified atom stereocenters. The van der Waals surface area contributed by atoms with Crippen molar-refractivity contribution in [2.45, 2.75) is 19.8 Å². The van der Waals surface area contributed by atoms with E-state index in [9.17, 15) is 4.79 Å². The summed E-state index contributed by atoms with van der Waals surface area (Å²) in [5.41, 5.74) is 3.57. The molecule has 1 aromatic rings. The molecule has 0 saturated carbocycles. The number of aryl methyl sites for hydroxylation is 1. The first kappa shape index (κ1) is 12.8. The first-order valence-electron chi connectivity index (χ1n) is 5.17. The summed E-state index contributed by atoms with van der Waals surface area (Å²) >= 11 is 5.41. The monoisotopic (exact) mass is 238 g/mol. The van der Waals surface area contributed by atoms with Crippen LogP contribution >= 0.6 is 11.6 Å². The van der Waals surface area contributed by atoms with E-state index in [1.54, 1.807) is 6.08 Å². The van der Waals surface area contributed by atoms with Gasteiger partial charge in [0.25, 0.3) is 0 Å². The third-order valence-corrected chi connectivity index (χ3v) is 2.60. The van der Waals surface area contributed by atoms with E-state index in [0.717, 1.165) is 11.1 Å². The van der Waals surface area contributed by atoms with Gasteiger partial charge >= 0.3 is 5.97 Å². The number of rotatable bonds is 5. The Balaban J connectivity index is 2.71. The van der Waals surface area contributed by atoms with Crippen LogP contribution < -0.4 is 0 Å². The summed E-state index contributed by atoms with van der Waals surface area (Å²) in [4.78, 5) is 11.0. The molecular weight excluding hydrogens is 224 g/mol. The second-order valence-electron chi connectivity index (χ2n) is 3.83. The van der Waals surface area contributed by atoms with E-state index in [1.165, 1.54) is 5.54 Å². The van der Waals surface area contributed by atoms with Crippen molar-refractivity contribution < 1.29 is 9.90 Å². The average molecular weight is 239 g/mol. The lowest BCUT2D eigenvalue weighted by atomic mass is 9.95. The number of benzene rings is 1. The molecular formula is C13H15ClO2. The van der Waals surface area contributed by atoms with E-state index < -0.39 is 11.9 Å². The molecule has 1 rings (SSSR count). The molecule has 0 fully saturated rings. The fraction of sp³-hybridized carbons (Fsp3) is 0.308. The maximum absolute atomic E-state index is 11.0. The highest BCUT2D eigenvalue weighted by molar-refractivity contribution is 6.25. The molecule has 0 aromatic heterocycles. The van der Waals surface area contributed by atoms with Crippen LogP contribution in [-0.4, -0.2) is 11.1 Å². The molecule has 1 atom stereocenters. The second kappa shape index (κ2) is 6.33. The molecule has 16 heavy (non-hydrogen) atoms. The SMILES string of the molecule is Cc1cccc(CC(C/C=C/Cl)C(=O)O)c1. The number of carboxylic acid groups (broad SMARTS) is 1. The quantitative estimate of drug-likeness (QED) is 0.854. The lowest BCUT2D eigenvalue weighted by molar-refractivity contribution is -0.141. The van der Waals surface area contributed by atoms with Gasteiger partial charge in [-0.05, 0) is 25.3 Å². The Hall–Kier alpha value is -1.28. The Morgan fingerprint density at radius 1 is 1.56 bits per heavy atom. The minimum absolute atomic E-state index is 0.406. The van der Waals surface area contributed by atoms with Crippen LogP contribution in [0.3, 0.4) is 0 Å². The van der Waals surface area contributed by atoms with Gasteiger partial charge in [-0.25, -0.2) is 0 Å². The summed E-state index contributed by atoms with van der Waals surface area (Å²) in [6, 6.07) is 7.91. The van der Waals surface area contributed by atoms with Crippen molar-refractivity contribution in [1.82, 2.24) is 0 Å². The van der Waals surface area contributed by atoms with Gasteiger partial charge in [-0.15, -0.1) is 0 Å². The van der Waals surface area contributed by atoms with Gasteiger partial charge in [0.05, 0.1) is 5.92 Å². The van der Waals surface area contributed by atoms with Crippen LogP contribution in [0.4, 0.5) is 0 Å². The molecule has 0 spiro atoms. The standard InChI is InChI=1S/C13H15ClO2/c1-10-4-2-5-11(8-10)9-12(13(15)16)6-3-7-14/h2-5,7-8,12H,6,9H2,1H3,(H,15,16)/b7-3+. The Kier molecular flexibility index (Phi) is 5.06. The van der Waals surface area contributed by atoms with Crippen molar-refractivity contribution in [3.63, 3.8) is 0 Å². The van der Waals surface area contributed by atoms with Crippen LogP contribution in [0.1, 0.15) is 17.5 Å². The van der Waals surface area contributed by atoms with E-state index in [1.807, 2.05) is 31.2 Å². The molecule has 3 heteroatoms. The van der Waals surface area contributed by atoms with Crippen LogP contribution in [0.25, 0.3) is 0 Å². The summed E-state index contributed by atoms with van der Waals surface area (Å²) in [6.07, 6.45) is 2.68. The van der Waals surface area contributed by atoms with Crippen molar-refractivity contribution in [1.29, 1.82) is 0 Å². The minimum Gasteiger partial charge on any atom is -0.481 e. The predicted molar refractivity (Wildman–Crippen MR) is 65.6 cm³/mol. The van der Waals surface area contributed by atoms with E-state index in [-0.39, 0.29) is 0 Å². The molecule has 1 aromatic carbocycles. The molecule has 0 bridgehead atoms. The molecule has 0 heterocycles. The Morgan fingerprint density at radius 2 is 2.31 bits per heavy atom. The van der Waals surface area contributed by atoms with Gasteiger partial charge in [0.1, 0.15) is 0 Å². The molecule has 0 radical (unpaired) electrons. The molecule has 0 amide bonds. The van der Waals surface area contributed by atoms with Gasteiger partial charge in [-0.1, -0.05) is 47.5 Å². The highest BCUT2D eigenvalue weighted by atomic mass is 35.5. The van der Waals surface area contributed by atoms with Crippen molar-refractivity contribution in [2.24, 2.45) is 5.92 Å². The van der Waals surface area contributed by atoms with Crippen molar-refractivity contribution in [3.05, 3.63) is 47.0 Å². The molecule has 0 saturated heterocycles. The zero-order valence-electron chi connectivity index (χ0n) is 9.19. The number of hydrogen-bond donors (Lipinski definition) is 1. The van der Waals surface area contributed by atoms with Gasteiger partial charge in [0.2, 0.25) is 0 Å². The third-order valence-electron chi connectivity index (χ3n) is 2.42. The van der Waals surface area contributed by atoms with Crippen LogP contribution in [0.15, 0.2) is 35.9 Å². The number of halogens is 1. The highest BCUT2D eigenvalue weighted by Gasteiger charge is 2.16. The van der Waals surface area contributed by atoms with Crippen molar-refractivity contribution in [3.8, 4) is 0 Å². The smallest absolute Gasteiger partial charge is 0.307 e. The molecule has 0 aliphatic rings. The summed E-state index contributed by atoms with van der Waals surface area (Å²) in [5.74, 6) is -1.19. The van der Waals surface area contributed by atoms with E-state index in [0.29, 0.717) is 12.8 Å². The maximum atomic E-state index is 11.0. The summed E-state index contributed by atoms with van der Waals surface area (Å²) in [5, 5.41) is 9.05. The minimum atomic E-state index is -0.781. The number of carbonyl (C=O) groups is 1. The number of allylic oxidation sites excluding steroid dienone is 1. The average Bonchev–Trinajstić information content (AvgIpc) is 2.24. The summed E-state index contributed by atoms with van der Waals surface area (Å²) in [6.45, 7) is 2.00. The molecule has 1 N–H and O–H groups in total. The molecule has 0 aliphatic carbocycles. The topological polar surface area (TPSA) is 37.3 Å². The largest absolute Gasteiger partial charge is 0.481 e. The van der Waals surface area contributed by atoms with Gasteiger partial charge in [-0.2, -0.15) is 0 Å². The van der Waals surface area contributed by atoms with Crippen LogP contribution in [0, 0.1) is 12.8 Å². The summed E-state index contributed by atoms with van der Waals surface area (Å²) < 4.78 is 0. The van der Waals surface area contributed by atoms with Crippen molar-refractivity contribution >= 4 is 17.6 Å². The first-order valence-corrected chi connectivity index (χ1v) is 5.60. The zero-order valence-corrected chi connectivity index (χ0v) is 9.95. The second-order valence-corrected chi connectivity index (χ2v) is 4.08. The van der Waals surface area contributed by atoms with Crippen LogP contribution in [0.2, 0.25) is 0 Å². The Labute approximate surface area is 101 Å². The van der Waals surface area contributed by atoms with Gasteiger partial charge in [0.15, 0.2) is 0 Å². The Morgan fingerprint density at radius 3 is 2.88 bits per heavy atom. The van der Waals surface area contributed by atoms with E-state index in [2.05, 4.69) is 0 Å². The Bertz CT molecular complexity index is 385. The fourth-order valence-corrected chi connectivity index (χ4v) is 1.71. The van der Waals surface area contributed by atoms with E-state index in [4.69, 9.17) is 16.7 Å². The summed E-state index contributed by atoms with van der Waals surface area (Å²) in [7, 11) is 0. The van der Waals surface area contributed by atoms with Crippen LogP contribution in [-0.2, 0) is 11.2 Å². The van der Waals surface area contributed by atoms with Crippen LogP contribution in [0.5, 0.6) is 0 Å². The molecule has 0 aliphatic heterocycles. The van der Waals surface area contributed by atoms with Gasteiger partial charge in [-0.3, -0.25) is 4.79 Å². The molecule has 86 valence electrons. The number of hydrogen-bond acceptors (Lipinski definition) is 1. The lowest BCUT2D eigenvalue weighted by Crippen LogP contribution is -2.15. The maximum Gasteiger partial charge on any atom is 0.307 e. The fourth-order valence-electron chi connectivity index (χ4n) is 1.61. The zero-order chi connectivity index (χ0) is 12.0. The predicted octanol–water partition coefficient (Wildman–Crippen LogP) is 3.38. The number of carboxylic acids is 1. The third kappa shape index (κ3) is 4.07. The van der Waals surface area contributed by atoms with Gasteiger partial charge in [0, 0.05) is 5.54 Å². The molecule has 2 nitrogen and oxygen atoms in total. The van der Waals surface area contributed by atoms with Gasteiger partial charge < -0.3 is 5.11 Å². The van der Waals surface area contributed by atoms with E-state index >= 15 is 0 Å².